The van der Waals surface area contributed by atoms with Crippen LogP contribution in [0.15, 0.2) is 23.1 Å². The number of alkyl halides is 3. The van der Waals surface area contributed by atoms with Crippen LogP contribution in [0.2, 0.25) is 0 Å². The molecule has 2 aliphatic rings. The van der Waals surface area contributed by atoms with Gasteiger partial charge >= 0.3 is 12.1 Å². The van der Waals surface area contributed by atoms with E-state index in [1.807, 2.05) is 0 Å². The Morgan fingerprint density at radius 2 is 2.10 bits per heavy atom. The quantitative estimate of drug-likeness (QED) is 0.742. The van der Waals surface area contributed by atoms with E-state index in [0.29, 0.717) is 24.3 Å². The van der Waals surface area contributed by atoms with Crippen molar-refractivity contribution in [3.8, 4) is 0 Å². The smallest absolute Gasteiger partial charge is 0.416 e. The Hall–Kier alpha value is -2.23. The van der Waals surface area contributed by atoms with Crippen molar-refractivity contribution in [1.29, 1.82) is 0 Å². The second kappa shape index (κ2) is 8.64. The van der Waals surface area contributed by atoms with E-state index in [0.717, 1.165) is 23.9 Å². The summed E-state index contributed by atoms with van der Waals surface area (Å²) in [6.07, 6.45) is -3.27. The summed E-state index contributed by atoms with van der Waals surface area (Å²) in [7, 11) is 0. The molecule has 2 heterocycles. The van der Waals surface area contributed by atoms with Crippen LogP contribution in [-0.2, 0) is 25.3 Å². The molecule has 0 aromatic heterocycles. The van der Waals surface area contributed by atoms with Crippen molar-refractivity contribution in [2.24, 2.45) is 5.92 Å². The van der Waals surface area contributed by atoms with Gasteiger partial charge in [-0.3, -0.25) is 14.4 Å². The number of nitrogens with one attached hydrogen (secondary N) is 1. The predicted molar refractivity (Wildman–Crippen MR) is 100 cm³/mol. The first kappa shape index (κ1) is 21.5. The zero-order valence-electron chi connectivity index (χ0n) is 15.8. The number of halogens is 3. The van der Waals surface area contributed by atoms with E-state index in [4.69, 9.17) is 4.74 Å². The first-order valence-corrected chi connectivity index (χ1v) is 10.2. The number of amides is 2. The van der Waals surface area contributed by atoms with Crippen molar-refractivity contribution < 1.29 is 32.3 Å². The highest BCUT2D eigenvalue weighted by atomic mass is 32.2. The number of anilines is 1. The summed E-state index contributed by atoms with van der Waals surface area (Å²) >= 11 is 1.07. The van der Waals surface area contributed by atoms with E-state index >= 15 is 0 Å². The fourth-order valence-corrected chi connectivity index (χ4v) is 4.49. The maximum absolute atomic E-state index is 12.8. The summed E-state index contributed by atoms with van der Waals surface area (Å²) in [5.74, 6) is -1.47. The lowest BCUT2D eigenvalue weighted by Gasteiger charge is -2.33. The number of piperidine rings is 1. The molecule has 0 bridgehead atoms. The molecule has 0 radical (unpaired) electrons. The molecule has 1 fully saturated rings. The number of benzene rings is 1. The number of carbonyl (C=O) groups is 3. The molecule has 29 heavy (non-hydrogen) atoms. The number of hydrogen-bond acceptors (Lipinski definition) is 5. The third kappa shape index (κ3) is 5.04. The van der Waals surface area contributed by atoms with Crippen molar-refractivity contribution in [3.05, 3.63) is 23.8 Å². The van der Waals surface area contributed by atoms with Gasteiger partial charge in [-0.15, -0.1) is 11.8 Å². The van der Waals surface area contributed by atoms with Crippen LogP contribution in [0.1, 0.15) is 31.7 Å². The maximum atomic E-state index is 12.8. The summed E-state index contributed by atoms with van der Waals surface area (Å²) < 4.78 is 43.6. The van der Waals surface area contributed by atoms with Crippen molar-refractivity contribution in [1.82, 2.24) is 4.90 Å². The van der Waals surface area contributed by atoms with Crippen LogP contribution in [0.3, 0.4) is 0 Å². The summed E-state index contributed by atoms with van der Waals surface area (Å²) in [5, 5.41) is 1.73. The number of nitrogens with zero attached hydrogens (tertiary/aromatic N) is 1. The van der Waals surface area contributed by atoms with E-state index in [1.165, 1.54) is 6.07 Å². The molecule has 2 atom stereocenters. The van der Waals surface area contributed by atoms with Crippen LogP contribution in [-0.4, -0.2) is 47.6 Å². The predicted octanol–water partition coefficient (Wildman–Crippen LogP) is 3.31. The van der Waals surface area contributed by atoms with Crippen molar-refractivity contribution in [2.75, 3.05) is 25.0 Å². The highest BCUT2D eigenvalue weighted by Gasteiger charge is 2.36. The first-order valence-electron chi connectivity index (χ1n) is 9.32. The van der Waals surface area contributed by atoms with E-state index in [-0.39, 0.29) is 43.1 Å². The van der Waals surface area contributed by atoms with Gasteiger partial charge in [0.05, 0.1) is 29.0 Å². The fourth-order valence-electron chi connectivity index (χ4n) is 3.40. The summed E-state index contributed by atoms with van der Waals surface area (Å²) in [6.45, 7) is 2.75. The standard InChI is InChI=1S/C19H21F3N2O4S/c1-2-28-18(27)11-4-3-7-24(10-11)16(25)9-15-17(26)23-13-8-12(19(20,21)22)5-6-14(13)29-15/h5-6,8,11,15H,2-4,7,9-10H2,1H3,(H,23,26)/t11-,15-/m0/s1. The summed E-state index contributed by atoms with van der Waals surface area (Å²) in [6, 6.07) is 3.15. The van der Waals surface area contributed by atoms with Gasteiger partial charge in [-0.1, -0.05) is 0 Å². The largest absolute Gasteiger partial charge is 0.466 e. The number of ether oxygens (including phenoxy) is 1. The number of rotatable bonds is 4. The molecule has 158 valence electrons. The van der Waals surface area contributed by atoms with Crippen molar-refractivity contribution in [3.63, 3.8) is 0 Å². The highest BCUT2D eigenvalue weighted by molar-refractivity contribution is 8.01. The maximum Gasteiger partial charge on any atom is 0.416 e. The molecule has 1 aromatic rings. The minimum atomic E-state index is -4.50. The Morgan fingerprint density at radius 3 is 2.79 bits per heavy atom. The Balaban J connectivity index is 1.64. The molecule has 10 heteroatoms. The molecule has 0 saturated carbocycles. The van der Waals surface area contributed by atoms with E-state index in [9.17, 15) is 27.6 Å². The van der Waals surface area contributed by atoms with Gasteiger partial charge in [0.25, 0.3) is 0 Å². The molecular weight excluding hydrogens is 409 g/mol. The monoisotopic (exact) mass is 430 g/mol. The van der Waals surface area contributed by atoms with Crippen LogP contribution in [0.4, 0.5) is 18.9 Å². The van der Waals surface area contributed by atoms with E-state index in [1.54, 1.807) is 11.8 Å². The Kier molecular flexibility index (Phi) is 6.40. The second-order valence-electron chi connectivity index (χ2n) is 6.94. The van der Waals surface area contributed by atoms with Crippen LogP contribution < -0.4 is 5.32 Å². The van der Waals surface area contributed by atoms with E-state index in [2.05, 4.69) is 5.32 Å². The van der Waals surface area contributed by atoms with Crippen LogP contribution in [0.5, 0.6) is 0 Å². The number of carbonyl (C=O) groups excluding carboxylic acids is 3. The molecule has 0 aliphatic carbocycles. The van der Waals surface area contributed by atoms with Crippen LogP contribution in [0.25, 0.3) is 0 Å². The fraction of sp³-hybridized carbons (Fsp3) is 0.526. The van der Waals surface area contributed by atoms with Gasteiger partial charge in [0.2, 0.25) is 11.8 Å². The van der Waals surface area contributed by atoms with Gasteiger partial charge in [0, 0.05) is 24.4 Å². The average molecular weight is 430 g/mol. The van der Waals surface area contributed by atoms with Gasteiger partial charge in [-0.05, 0) is 38.0 Å². The summed E-state index contributed by atoms with van der Waals surface area (Å²) in [5.41, 5.74) is -0.746. The average Bonchev–Trinajstić information content (AvgIpc) is 2.67. The molecule has 1 N–H and O–H groups in total. The minimum Gasteiger partial charge on any atom is -0.466 e. The third-order valence-electron chi connectivity index (χ3n) is 4.88. The topological polar surface area (TPSA) is 75.7 Å². The summed E-state index contributed by atoms with van der Waals surface area (Å²) in [4.78, 5) is 39.0. The van der Waals surface area contributed by atoms with Gasteiger partial charge < -0.3 is 15.0 Å². The molecule has 0 unspecified atom stereocenters. The van der Waals surface area contributed by atoms with E-state index < -0.39 is 22.9 Å². The molecule has 2 aliphatic heterocycles. The van der Waals surface area contributed by atoms with Crippen LogP contribution >= 0.6 is 11.8 Å². The lowest BCUT2D eigenvalue weighted by molar-refractivity contribution is -0.151. The second-order valence-corrected chi connectivity index (χ2v) is 8.18. The zero-order valence-corrected chi connectivity index (χ0v) is 16.6. The number of likely N-dealkylation sites (tertiary alicyclic amines) is 1. The number of hydrogen-bond donors (Lipinski definition) is 1. The number of esters is 1. The Bertz CT molecular complexity index is 815. The van der Waals surface area contributed by atoms with Crippen LogP contribution in [0, 0.1) is 5.92 Å². The molecule has 0 spiro atoms. The van der Waals surface area contributed by atoms with Gasteiger partial charge in [-0.25, -0.2) is 0 Å². The molecule has 2 amide bonds. The van der Waals surface area contributed by atoms with Gasteiger partial charge in [0.15, 0.2) is 0 Å². The Morgan fingerprint density at radius 1 is 1.34 bits per heavy atom. The lowest BCUT2D eigenvalue weighted by Crippen LogP contribution is -2.44. The Labute approximate surface area is 170 Å². The first-order chi connectivity index (χ1) is 13.7. The number of fused-ring (bicyclic) bond motifs is 1. The van der Waals surface area contributed by atoms with Crippen molar-refractivity contribution in [2.45, 2.75) is 42.5 Å². The van der Waals surface area contributed by atoms with Gasteiger partial charge in [-0.2, -0.15) is 13.2 Å². The SMILES string of the molecule is CCOC(=O)[C@H]1CCCN(C(=O)C[C@@H]2Sc3ccc(C(F)(F)F)cc3NC2=O)C1. The molecule has 1 aromatic carbocycles. The normalized spacial score (nSPS) is 21.9. The minimum absolute atomic E-state index is 0.0908. The molecule has 3 rings (SSSR count). The molecule has 6 nitrogen and oxygen atoms in total. The molecule has 1 saturated heterocycles. The molecular formula is C19H21F3N2O4S. The number of thioether (sulfide) groups is 1. The van der Waals surface area contributed by atoms with Crippen molar-refractivity contribution >= 4 is 35.2 Å². The third-order valence-corrected chi connectivity index (χ3v) is 6.16. The van der Waals surface area contributed by atoms with Gasteiger partial charge in [0.1, 0.15) is 0 Å². The highest BCUT2D eigenvalue weighted by Crippen LogP contribution is 2.40. The zero-order chi connectivity index (χ0) is 21.2. The lowest BCUT2D eigenvalue weighted by atomic mass is 9.98.